The van der Waals surface area contributed by atoms with E-state index >= 15 is 0 Å². The zero-order chi connectivity index (χ0) is 15.1. The van der Waals surface area contributed by atoms with Gasteiger partial charge in [0.2, 0.25) is 0 Å². The number of amides is 1. The molecule has 0 aliphatic carbocycles. The number of nitriles is 1. The molecule has 104 valence electrons. The van der Waals surface area contributed by atoms with Gasteiger partial charge in [-0.2, -0.15) is 10.4 Å². The summed E-state index contributed by atoms with van der Waals surface area (Å²) in [5.41, 5.74) is 4.21. The molecule has 2 rings (SSSR count). The summed E-state index contributed by atoms with van der Waals surface area (Å²) < 4.78 is 5.11. The van der Waals surface area contributed by atoms with Crippen molar-refractivity contribution < 1.29 is 9.53 Å². The lowest BCUT2D eigenvalue weighted by atomic mass is 10.2. The fourth-order valence-corrected chi connectivity index (χ4v) is 1.70. The lowest BCUT2D eigenvalue weighted by molar-refractivity contribution is 0.0952. The number of hydrogen-bond acceptors (Lipinski definition) is 4. The number of benzene rings is 2. The molecule has 0 fully saturated rings. The van der Waals surface area contributed by atoms with Gasteiger partial charge in [0, 0.05) is 0 Å². The van der Waals surface area contributed by atoms with Gasteiger partial charge in [-0.25, -0.2) is 5.43 Å². The molecular weight excluding hydrogens is 266 g/mol. The Bertz CT molecular complexity index is 700. The number of methoxy groups -OCH3 is 1. The fourth-order valence-electron chi connectivity index (χ4n) is 1.70. The summed E-state index contributed by atoms with van der Waals surface area (Å²) in [6, 6.07) is 15.8. The Hall–Kier alpha value is -3.13. The highest BCUT2D eigenvalue weighted by Crippen LogP contribution is 2.16. The second kappa shape index (κ2) is 6.87. The van der Waals surface area contributed by atoms with Gasteiger partial charge in [-0.05, 0) is 29.8 Å². The summed E-state index contributed by atoms with van der Waals surface area (Å²) in [6.07, 6.45) is 1.51. The molecule has 0 aromatic heterocycles. The molecule has 0 saturated heterocycles. The molecule has 0 bridgehead atoms. The third-order valence-corrected chi connectivity index (χ3v) is 2.77. The van der Waals surface area contributed by atoms with Gasteiger partial charge in [-0.1, -0.05) is 24.3 Å². The second-order valence-corrected chi connectivity index (χ2v) is 4.13. The Morgan fingerprint density at radius 2 is 1.95 bits per heavy atom. The zero-order valence-corrected chi connectivity index (χ0v) is 11.4. The molecule has 0 unspecified atom stereocenters. The van der Waals surface area contributed by atoms with E-state index in [1.54, 1.807) is 48.5 Å². The normalized spacial score (nSPS) is 10.1. The summed E-state index contributed by atoms with van der Waals surface area (Å²) in [5, 5.41) is 12.6. The number of para-hydroxylation sites is 1. The van der Waals surface area contributed by atoms with Crippen LogP contribution in [0.25, 0.3) is 0 Å². The van der Waals surface area contributed by atoms with E-state index in [1.807, 2.05) is 6.07 Å². The maximum atomic E-state index is 12.0. The molecule has 0 radical (unpaired) electrons. The predicted octanol–water partition coefficient (Wildman–Crippen LogP) is 2.33. The number of ether oxygens (including phenoxy) is 1. The highest BCUT2D eigenvalue weighted by Gasteiger charge is 2.09. The average Bonchev–Trinajstić information content (AvgIpc) is 2.55. The van der Waals surface area contributed by atoms with E-state index in [1.165, 1.54) is 13.3 Å². The molecule has 0 heterocycles. The van der Waals surface area contributed by atoms with Crippen LogP contribution in [0.3, 0.4) is 0 Å². The van der Waals surface area contributed by atoms with Crippen molar-refractivity contribution in [3.63, 3.8) is 0 Å². The first-order chi connectivity index (χ1) is 10.2. The van der Waals surface area contributed by atoms with Gasteiger partial charge in [-0.3, -0.25) is 4.79 Å². The molecule has 21 heavy (non-hydrogen) atoms. The van der Waals surface area contributed by atoms with Crippen LogP contribution < -0.4 is 10.2 Å². The van der Waals surface area contributed by atoms with Crippen LogP contribution in [0, 0.1) is 11.3 Å². The topological polar surface area (TPSA) is 74.5 Å². The van der Waals surface area contributed by atoms with Crippen molar-refractivity contribution in [3.8, 4) is 11.8 Å². The maximum absolute atomic E-state index is 12.0. The largest absolute Gasteiger partial charge is 0.496 e. The third-order valence-electron chi connectivity index (χ3n) is 2.77. The quantitative estimate of drug-likeness (QED) is 0.689. The van der Waals surface area contributed by atoms with Crippen LogP contribution in [0.15, 0.2) is 53.6 Å². The van der Waals surface area contributed by atoms with E-state index in [0.29, 0.717) is 16.9 Å². The van der Waals surface area contributed by atoms with Gasteiger partial charge in [-0.15, -0.1) is 0 Å². The molecule has 0 spiro atoms. The summed E-state index contributed by atoms with van der Waals surface area (Å²) in [5.74, 6) is 0.140. The lowest BCUT2D eigenvalue weighted by Crippen LogP contribution is -2.18. The van der Waals surface area contributed by atoms with Crippen molar-refractivity contribution in [1.82, 2.24) is 5.43 Å². The molecule has 1 N–H and O–H groups in total. The number of carbonyl (C=O) groups excluding carboxylic acids is 1. The van der Waals surface area contributed by atoms with Crippen molar-refractivity contribution in [2.24, 2.45) is 5.10 Å². The van der Waals surface area contributed by atoms with E-state index in [9.17, 15) is 4.79 Å². The fraction of sp³-hybridized carbons (Fsp3) is 0.0625. The first kappa shape index (κ1) is 14.3. The van der Waals surface area contributed by atoms with Crippen LogP contribution in [-0.4, -0.2) is 19.2 Å². The number of nitrogens with one attached hydrogen (secondary N) is 1. The van der Waals surface area contributed by atoms with E-state index in [4.69, 9.17) is 10.00 Å². The minimum absolute atomic E-state index is 0.350. The number of rotatable bonds is 4. The van der Waals surface area contributed by atoms with E-state index in [2.05, 4.69) is 10.5 Å². The number of nitrogens with zero attached hydrogens (tertiary/aromatic N) is 2. The van der Waals surface area contributed by atoms with Crippen LogP contribution in [0.2, 0.25) is 0 Å². The molecule has 2 aromatic carbocycles. The van der Waals surface area contributed by atoms with Crippen molar-refractivity contribution in [1.29, 1.82) is 5.26 Å². The van der Waals surface area contributed by atoms with Crippen LogP contribution in [0.5, 0.6) is 5.75 Å². The predicted molar refractivity (Wildman–Crippen MR) is 79.2 cm³/mol. The Morgan fingerprint density at radius 1 is 1.24 bits per heavy atom. The molecule has 5 heteroatoms. The molecular formula is C16H13N3O2. The van der Waals surface area contributed by atoms with Crippen molar-refractivity contribution >= 4 is 12.1 Å². The molecule has 0 saturated carbocycles. The number of hydrazone groups is 1. The highest BCUT2D eigenvalue weighted by molar-refractivity contribution is 5.97. The van der Waals surface area contributed by atoms with Gasteiger partial charge in [0.15, 0.2) is 0 Å². The summed E-state index contributed by atoms with van der Waals surface area (Å²) in [7, 11) is 1.51. The van der Waals surface area contributed by atoms with Crippen LogP contribution in [-0.2, 0) is 0 Å². The molecule has 0 aliphatic rings. The van der Waals surface area contributed by atoms with Crippen molar-refractivity contribution in [2.75, 3.05) is 7.11 Å². The smallest absolute Gasteiger partial charge is 0.275 e. The molecule has 2 aromatic rings. The van der Waals surface area contributed by atoms with E-state index < -0.39 is 0 Å². The standard InChI is InChI=1S/C16H13N3O2/c1-21-15-5-3-2-4-14(15)16(20)19-18-11-13-8-6-12(10-17)7-9-13/h2-9,11H,1H3,(H,19,20)/b18-11-. The van der Waals surface area contributed by atoms with Gasteiger partial charge in [0.25, 0.3) is 5.91 Å². The number of hydrogen-bond donors (Lipinski definition) is 1. The monoisotopic (exact) mass is 279 g/mol. The Balaban J connectivity index is 2.03. The van der Waals surface area contributed by atoms with Gasteiger partial charge in [0.1, 0.15) is 5.75 Å². The van der Waals surface area contributed by atoms with E-state index in [-0.39, 0.29) is 5.91 Å². The average molecular weight is 279 g/mol. The van der Waals surface area contributed by atoms with Crippen molar-refractivity contribution in [3.05, 3.63) is 65.2 Å². The minimum atomic E-state index is -0.350. The first-order valence-electron chi connectivity index (χ1n) is 6.21. The van der Waals surface area contributed by atoms with E-state index in [0.717, 1.165) is 5.56 Å². The Kier molecular flexibility index (Phi) is 4.67. The maximum Gasteiger partial charge on any atom is 0.275 e. The Labute approximate surface area is 122 Å². The summed E-state index contributed by atoms with van der Waals surface area (Å²) >= 11 is 0. The highest BCUT2D eigenvalue weighted by atomic mass is 16.5. The molecule has 0 atom stereocenters. The Morgan fingerprint density at radius 3 is 2.62 bits per heavy atom. The van der Waals surface area contributed by atoms with Crippen LogP contribution >= 0.6 is 0 Å². The minimum Gasteiger partial charge on any atom is -0.496 e. The SMILES string of the molecule is COc1ccccc1C(=O)N/N=C\c1ccc(C#N)cc1. The van der Waals surface area contributed by atoms with Crippen molar-refractivity contribution in [2.45, 2.75) is 0 Å². The first-order valence-corrected chi connectivity index (χ1v) is 6.21. The van der Waals surface area contributed by atoms with Gasteiger partial charge < -0.3 is 4.74 Å². The second-order valence-electron chi connectivity index (χ2n) is 4.13. The summed E-state index contributed by atoms with van der Waals surface area (Å²) in [4.78, 5) is 12.0. The summed E-state index contributed by atoms with van der Waals surface area (Å²) in [6.45, 7) is 0. The third kappa shape index (κ3) is 3.67. The van der Waals surface area contributed by atoms with Gasteiger partial charge >= 0.3 is 0 Å². The van der Waals surface area contributed by atoms with Crippen LogP contribution in [0.1, 0.15) is 21.5 Å². The van der Waals surface area contributed by atoms with Gasteiger partial charge in [0.05, 0.1) is 30.5 Å². The number of carbonyl (C=O) groups is 1. The molecule has 5 nitrogen and oxygen atoms in total. The molecule has 1 amide bonds. The lowest BCUT2D eigenvalue weighted by Gasteiger charge is -2.05. The zero-order valence-electron chi connectivity index (χ0n) is 11.4. The van der Waals surface area contributed by atoms with Crippen LogP contribution in [0.4, 0.5) is 0 Å². The molecule has 0 aliphatic heterocycles.